The molecule has 17 heavy (non-hydrogen) atoms. The van der Waals surface area contributed by atoms with Crippen LogP contribution >= 0.6 is 0 Å². The van der Waals surface area contributed by atoms with Gasteiger partial charge in [0, 0.05) is 25.7 Å². The Morgan fingerprint density at radius 3 is 2.94 bits per heavy atom. The fourth-order valence-corrected chi connectivity index (χ4v) is 2.35. The molecular weight excluding hydrogens is 220 g/mol. The zero-order valence-corrected chi connectivity index (χ0v) is 10.2. The molecule has 3 amide bonds. The number of carbonyl (C=O) groups excluding carboxylic acids is 2. The number of carbonyl (C=O) groups is 2. The molecule has 0 aliphatic carbocycles. The summed E-state index contributed by atoms with van der Waals surface area (Å²) >= 11 is 0. The van der Waals surface area contributed by atoms with Crippen molar-refractivity contribution in [2.75, 3.05) is 39.8 Å². The van der Waals surface area contributed by atoms with Gasteiger partial charge >= 0.3 is 6.03 Å². The highest BCUT2D eigenvalue weighted by Crippen LogP contribution is 2.09. The van der Waals surface area contributed by atoms with E-state index in [0.29, 0.717) is 25.7 Å². The summed E-state index contributed by atoms with van der Waals surface area (Å²) in [6.07, 6.45) is 2.26. The van der Waals surface area contributed by atoms with Gasteiger partial charge in [0.15, 0.2) is 0 Å². The lowest BCUT2D eigenvalue weighted by atomic mass is 10.1. The molecule has 0 spiro atoms. The minimum Gasteiger partial charge on any atom is -0.336 e. The zero-order chi connectivity index (χ0) is 12.3. The minimum atomic E-state index is -0.259. The van der Waals surface area contributed by atoms with Crippen LogP contribution in [0.1, 0.15) is 12.8 Å². The zero-order valence-electron chi connectivity index (χ0n) is 10.2. The van der Waals surface area contributed by atoms with Gasteiger partial charge in [-0.25, -0.2) is 4.79 Å². The van der Waals surface area contributed by atoms with E-state index in [1.165, 1.54) is 4.90 Å². The molecule has 1 atom stereocenters. The second kappa shape index (κ2) is 5.46. The van der Waals surface area contributed by atoms with Crippen LogP contribution in [-0.4, -0.2) is 67.6 Å². The summed E-state index contributed by atoms with van der Waals surface area (Å²) in [5.41, 5.74) is 0. The van der Waals surface area contributed by atoms with Crippen LogP contribution in [-0.2, 0) is 4.79 Å². The van der Waals surface area contributed by atoms with E-state index < -0.39 is 0 Å². The molecule has 2 N–H and O–H groups in total. The predicted octanol–water partition coefficient (Wildman–Crippen LogP) is -0.778. The third-order valence-corrected chi connectivity index (χ3v) is 3.44. The molecule has 6 nitrogen and oxygen atoms in total. The molecule has 1 unspecified atom stereocenters. The maximum Gasteiger partial charge on any atom is 0.324 e. The number of nitrogens with one attached hydrogen (secondary N) is 2. The Bertz CT molecular complexity index is 302. The third kappa shape index (κ3) is 2.95. The third-order valence-electron chi connectivity index (χ3n) is 3.44. The fourth-order valence-electron chi connectivity index (χ4n) is 2.35. The van der Waals surface area contributed by atoms with Gasteiger partial charge in [-0.3, -0.25) is 14.6 Å². The Kier molecular flexibility index (Phi) is 3.96. The number of amides is 3. The molecule has 0 aromatic carbocycles. The van der Waals surface area contributed by atoms with E-state index in [4.69, 9.17) is 0 Å². The Labute approximate surface area is 101 Å². The van der Waals surface area contributed by atoms with Crippen molar-refractivity contribution in [2.45, 2.75) is 18.9 Å². The van der Waals surface area contributed by atoms with Gasteiger partial charge in [-0.1, -0.05) is 0 Å². The molecule has 2 aliphatic rings. The fraction of sp³-hybridized carbons (Fsp3) is 0.818. The highest BCUT2D eigenvalue weighted by atomic mass is 16.2. The van der Waals surface area contributed by atoms with E-state index in [2.05, 4.69) is 10.6 Å². The second-order valence-corrected chi connectivity index (χ2v) is 4.69. The lowest BCUT2D eigenvalue weighted by Crippen LogP contribution is -2.48. The van der Waals surface area contributed by atoms with Crippen LogP contribution in [0.2, 0.25) is 0 Å². The standard InChI is InChI=1S/C11H20N4O2/c1-14(9-3-2-4-12-7-9)8-10(16)15-6-5-13-11(15)17/h9,12H,2-8H2,1H3,(H,13,17). The number of likely N-dealkylation sites (N-methyl/N-ethyl adjacent to an activating group) is 1. The lowest BCUT2D eigenvalue weighted by molar-refractivity contribution is -0.129. The van der Waals surface area contributed by atoms with Gasteiger partial charge in [0.05, 0.1) is 6.54 Å². The first-order valence-corrected chi connectivity index (χ1v) is 6.17. The number of hydrogen-bond acceptors (Lipinski definition) is 4. The highest BCUT2D eigenvalue weighted by molar-refractivity contribution is 5.96. The summed E-state index contributed by atoms with van der Waals surface area (Å²) in [5.74, 6) is -0.104. The number of rotatable bonds is 3. The van der Waals surface area contributed by atoms with E-state index in [1.807, 2.05) is 11.9 Å². The number of urea groups is 1. The Balaban J connectivity index is 1.82. The topological polar surface area (TPSA) is 64.7 Å². The number of hydrogen-bond donors (Lipinski definition) is 2. The van der Waals surface area contributed by atoms with Gasteiger partial charge in [-0.15, -0.1) is 0 Å². The molecule has 0 aromatic rings. The quantitative estimate of drug-likeness (QED) is 0.679. The van der Waals surface area contributed by atoms with E-state index in [1.54, 1.807) is 0 Å². The minimum absolute atomic E-state index is 0.104. The van der Waals surface area contributed by atoms with Crippen molar-refractivity contribution in [3.05, 3.63) is 0 Å². The maximum atomic E-state index is 11.9. The summed E-state index contributed by atoms with van der Waals surface area (Å²) in [5, 5.41) is 5.96. The molecule has 6 heteroatoms. The Hall–Kier alpha value is -1.14. The molecule has 0 aromatic heterocycles. The van der Waals surface area contributed by atoms with Crippen molar-refractivity contribution in [3.63, 3.8) is 0 Å². The molecule has 2 saturated heterocycles. The van der Waals surface area contributed by atoms with Crippen LogP contribution in [0.15, 0.2) is 0 Å². The summed E-state index contributed by atoms with van der Waals surface area (Å²) in [7, 11) is 1.95. The van der Waals surface area contributed by atoms with Crippen LogP contribution in [0.4, 0.5) is 4.79 Å². The van der Waals surface area contributed by atoms with E-state index in [9.17, 15) is 9.59 Å². The van der Waals surface area contributed by atoms with Crippen LogP contribution in [0.25, 0.3) is 0 Å². The Morgan fingerprint density at radius 2 is 2.35 bits per heavy atom. The van der Waals surface area contributed by atoms with Crippen LogP contribution in [0.3, 0.4) is 0 Å². The monoisotopic (exact) mass is 240 g/mol. The average molecular weight is 240 g/mol. The summed E-state index contributed by atoms with van der Waals surface area (Å²) in [6, 6.07) is 0.142. The van der Waals surface area contributed by atoms with Crippen molar-refractivity contribution in [1.82, 2.24) is 20.4 Å². The number of nitrogens with zero attached hydrogens (tertiary/aromatic N) is 2. The highest BCUT2D eigenvalue weighted by Gasteiger charge is 2.28. The summed E-state index contributed by atoms with van der Waals surface area (Å²) in [6.45, 7) is 3.37. The smallest absolute Gasteiger partial charge is 0.324 e. The molecule has 96 valence electrons. The first-order valence-electron chi connectivity index (χ1n) is 6.17. The van der Waals surface area contributed by atoms with Crippen molar-refractivity contribution in [1.29, 1.82) is 0 Å². The van der Waals surface area contributed by atoms with Gasteiger partial charge in [-0.05, 0) is 26.4 Å². The molecule has 2 aliphatic heterocycles. The predicted molar refractivity (Wildman–Crippen MR) is 63.6 cm³/mol. The van der Waals surface area contributed by atoms with Gasteiger partial charge < -0.3 is 10.6 Å². The van der Waals surface area contributed by atoms with Gasteiger partial charge in [0.25, 0.3) is 0 Å². The molecular formula is C11H20N4O2. The number of imide groups is 1. The largest absolute Gasteiger partial charge is 0.336 e. The molecule has 0 saturated carbocycles. The van der Waals surface area contributed by atoms with E-state index in [0.717, 1.165) is 25.9 Å². The lowest BCUT2D eigenvalue weighted by Gasteiger charge is -2.31. The molecule has 0 radical (unpaired) electrons. The van der Waals surface area contributed by atoms with Crippen LogP contribution in [0, 0.1) is 0 Å². The van der Waals surface area contributed by atoms with Crippen LogP contribution in [0.5, 0.6) is 0 Å². The van der Waals surface area contributed by atoms with Gasteiger partial charge in [0.2, 0.25) is 5.91 Å². The van der Waals surface area contributed by atoms with E-state index in [-0.39, 0.29) is 11.9 Å². The summed E-state index contributed by atoms with van der Waals surface area (Å²) in [4.78, 5) is 26.6. The van der Waals surface area contributed by atoms with Crippen molar-refractivity contribution < 1.29 is 9.59 Å². The first kappa shape index (κ1) is 12.3. The normalized spacial score (nSPS) is 25.2. The maximum absolute atomic E-state index is 11.9. The van der Waals surface area contributed by atoms with Crippen molar-refractivity contribution in [3.8, 4) is 0 Å². The first-order chi connectivity index (χ1) is 8.18. The van der Waals surface area contributed by atoms with Crippen molar-refractivity contribution >= 4 is 11.9 Å². The summed E-state index contributed by atoms with van der Waals surface area (Å²) < 4.78 is 0. The average Bonchev–Trinajstić information content (AvgIpc) is 2.76. The number of piperidine rings is 1. The van der Waals surface area contributed by atoms with Crippen LogP contribution < -0.4 is 10.6 Å². The van der Waals surface area contributed by atoms with E-state index >= 15 is 0 Å². The second-order valence-electron chi connectivity index (χ2n) is 4.69. The molecule has 2 rings (SSSR count). The van der Waals surface area contributed by atoms with Gasteiger partial charge in [-0.2, -0.15) is 0 Å². The molecule has 2 heterocycles. The van der Waals surface area contributed by atoms with Crippen molar-refractivity contribution in [2.24, 2.45) is 0 Å². The molecule has 2 fully saturated rings. The Morgan fingerprint density at radius 1 is 1.53 bits per heavy atom. The molecule has 0 bridgehead atoms. The SMILES string of the molecule is CN(CC(=O)N1CCNC1=O)C1CCCNC1. The van der Waals surface area contributed by atoms with Gasteiger partial charge in [0.1, 0.15) is 0 Å².